The largest absolute Gasteiger partial charge is 0.458 e. The Bertz CT molecular complexity index is 958. The van der Waals surface area contributed by atoms with Crippen LogP contribution in [0.2, 0.25) is 0 Å². The number of ether oxygens (including phenoxy) is 3. The Kier molecular flexibility index (Phi) is 10.5. The SMILES string of the molecule is CCOCc1nc(C=C(C)[C@@H]2C[C@@H]3O[C@@H]3CCC[C@H](C)C(O)C(C)C(=O)C(C)(C)[C@@H](O)CC(=O)O2)cs1. The molecule has 1 aromatic rings. The van der Waals surface area contributed by atoms with Crippen molar-refractivity contribution in [2.75, 3.05) is 6.61 Å². The Hall–Kier alpha value is -1.65. The highest BCUT2D eigenvalue weighted by Gasteiger charge is 2.44. The summed E-state index contributed by atoms with van der Waals surface area (Å²) in [6.07, 6.45) is 2.11. The van der Waals surface area contributed by atoms with Crippen molar-refractivity contribution < 1.29 is 34.0 Å². The number of thiazole rings is 1. The topological polar surface area (TPSA) is 118 Å². The molecule has 0 saturated carbocycles. The smallest absolute Gasteiger partial charge is 0.309 e. The van der Waals surface area contributed by atoms with Crippen molar-refractivity contribution in [3.05, 3.63) is 21.7 Å². The fourth-order valence-corrected chi connectivity index (χ4v) is 5.67. The molecule has 0 aliphatic carbocycles. The lowest BCUT2D eigenvalue weighted by Gasteiger charge is -2.34. The average Bonchev–Trinajstić information content (AvgIpc) is 3.43. The third kappa shape index (κ3) is 7.93. The van der Waals surface area contributed by atoms with Gasteiger partial charge in [0.1, 0.15) is 16.9 Å². The summed E-state index contributed by atoms with van der Waals surface area (Å²) in [6, 6.07) is 0. The first-order valence-electron chi connectivity index (χ1n) is 13.4. The zero-order valence-electron chi connectivity index (χ0n) is 22.9. The molecule has 3 heterocycles. The number of esters is 1. The number of rotatable bonds is 5. The Morgan fingerprint density at radius 1 is 1.24 bits per heavy atom. The molecule has 9 heteroatoms. The zero-order chi connectivity index (χ0) is 27.3. The summed E-state index contributed by atoms with van der Waals surface area (Å²) < 4.78 is 17.2. The van der Waals surface area contributed by atoms with Gasteiger partial charge in [-0.1, -0.05) is 34.1 Å². The number of ketones is 1. The normalized spacial score (nSPS) is 34.1. The molecule has 0 bridgehead atoms. The van der Waals surface area contributed by atoms with Crippen molar-refractivity contribution in [3.63, 3.8) is 0 Å². The molecular weight excluding hydrogens is 494 g/mol. The van der Waals surface area contributed by atoms with Crippen LogP contribution in [0.15, 0.2) is 11.0 Å². The number of hydrogen-bond donors (Lipinski definition) is 2. The van der Waals surface area contributed by atoms with E-state index in [2.05, 4.69) is 4.98 Å². The molecule has 0 spiro atoms. The molecule has 0 amide bonds. The maximum atomic E-state index is 13.2. The van der Waals surface area contributed by atoms with Gasteiger partial charge < -0.3 is 24.4 Å². The highest BCUT2D eigenvalue weighted by atomic mass is 32.1. The molecule has 8 nitrogen and oxygen atoms in total. The van der Waals surface area contributed by atoms with E-state index in [0.29, 0.717) is 19.6 Å². The number of hydrogen-bond acceptors (Lipinski definition) is 9. The molecule has 7 atom stereocenters. The molecule has 2 aliphatic rings. The fourth-order valence-electron chi connectivity index (χ4n) is 4.98. The first-order chi connectivity index (χ1) is 17.4. The summed E-state index contributed by atoms with van der Waals surface area (Å²) in [7, 11) is 0. The molecule has 37 heavy (non-hydrogen) atoms. The van der Waals surface area contributed by atoms with E-state index in [1.165, 1.54) is 11.3 Å². The van der Waals surface area contributed by atoms with E-state index in [1.54, 1.807) is 20.8 Å². The number of carbonyl (C=O) groups is 2. The Morgan fingerprint density at radius 3 is 2.68 bits per heavy atom. The van der Waals surface area contributed by atoms with Crippen LogP contribution < -0.4 is 0 Å². The van der Waals surface area contributed by atoms with E-state index in [1.807, 2.05) is 32.2 Å². The van der Waals surface area contributed by atoms with Gasteiger partial charge in [-0.15, -0.1) is 11.3 Å². The fraction of sp³-hybridized carbons (Fsp3) is 0.750. The lowest BCUT2D eigenvalue weighted by Crippen LogP contribution is -2.45. The van der Waals surface area contributed by atoms with Gasteiger partial charge in [-0.3, -0.25) is 9.59 Å². The molecule has 3 rings (SSSR count). The number of aromatic nitrogens is 1. The number of Topliss-reactive ketones (excluding diaryl/α,β-unsaturated/α-hetero) is 1. The Morgan fingerprint density at radius 2 is 1.97 bits per heavy atom. The van der Waals surface area contributed by atoms with Gasteiger partial charge in [-0.2, -0.15) is 0 Å². The number of aliphatic hydroxyl groups excluding tert-OH is 2. The van der Waals surface area contributed by atoms with Gasteiger partial charge in [0.25, 0.3) is 0 Å². The first kappa shape index (κ1) is 29.9. The molecule has 2 N–H and O–H groups in total. The van der Waals surface area contributed by atoms with E-state index >= 15 is 0 Å². The van der Waals surface area contributed by atoms with Crippen LogP contribution in [0.25, 0.3) is 6.08 Å². The highest BCUT2D eigenvalue weighted by Crippen LogP contribution is 2.36. The summed E-state index contributed by atoms with van der Waals surface area (Å²) in [4.78, 5) is 30.7. The second-order valence-corrected chi connectivity index (χ2v) is 12.1. The molecule has 208 valence electrons. The molecule has 0 radical (unpaired) electrons. The van der Waals surface area contributed by atoms with E-state index in [4.69, 9.17) is 14.2 Å². The quantitative estimate of drug-likeness (QED) is 0.421. The van der Waals surface area contributed by atoms with Crippen LogP contribution in [-0.4, -0.2) is 64.1 Å². The van der Waals surface area contributed by atoms with Crippen LogP contribution in [0.4, 0.5) is 0 Å². The summed E-state index contributed by atoms with van der Waals surface area (Å²) in [5.41, 5.74) is 0.410. The molecule has 0 aromatic carbocycles. The minimum atomic E-state index is -1.24. The second-order valence-electron chi connectivity index (χ2n) is 11.1. The van der Waals surface area contributed by atoms with Gasteiger partial charge in [-0.05, 0) is 44.3 Å². The molecule has 2 fully saturated rings. The van der Waals surface area contributed by atoms with Crippen molar-refractivity contribution in [2.45, 2.75) is 111 Å². The third-order valence-corrected chi connectivity index (χ3v) is 8.62. The van der Waals surface area contributed by atoms with Gasteiger partial charge in [0.05, 0.1) is 48.6 Å². The van der Waals surface area contributed by atoms with E-state index in [9.17, 15) is 19.8 Å². The maximum absolute atomic E-state index is 13.2. The number of carbonyl (C=O) groups excluding carboxylic acids is 2. The molecule has 2 unspecified atom stereocenters. The zero-order valence-corrected chi connectivity index (χ0v) is 23.8. The second kappa shape index (κ2) is 12.9. The van der Waals surface area contributed by atoms with E-state index < -0.39 is 35.6 Å². The third-order valence-electron chi connectivity index (χ3n) is 7.78. The number of epoxide rings is 1. The number of cyclic esters (lactones) is 1. The van der Waals surface area contributed by atoms with Gasteiger partial charge in [0, 0.05) is 24.3 Å². The van der Waals surface area contributed by atoms with Crippen molar-refractivity contribution in [1.82, 2.24) is 4.98 Å². The lowest BCUT2D eigenvalue weighted by atomic mass is 9.73. The van der Waals surface area contributed by atoms with Crippen molar-refractivity contribution >= 4 is 29.2 Å². The number of nitrogens with zero attached hydrogens (tertiary/aromatic N) is 1. The van der Waals surface area contributed by atoms with E-state index in [-0.39, 0.29) is 30.3 Å². The maximum Gasteiger partial charge on any atom is 0.309 e. The minimum absolute atomic E-state index is 0.0138. The number of fused-ring (bicyclic) bond motifs is 1. The van der Waals surface area contributed by atoms with Crippen LogP contribution >= 0.6 is 11.3 Å². The van der Waals surface area contributed by atoms with Gasteiger partial charge >= 0.3 is 5.97 Å². The van der Waals surface area contributed by atoms with Gasteiger partial charge in [0.15, 0.2) is 0 Å². The predicted molar refractivity (Wildman–Crippen MR) is 142 cm³/mol. The predicted octanol–water partition coefficient (Wildman–Crippen LogP) is 4.32. The Balaban J connectivity index is 1.79. The van der Waals surface area contributed by atoms with Gasteiger partial charge in [-0.25, -0.2) is 4.98 Å². The minimum Gasteiger partial charge on any atom is -0.458 e. The van der Waals surface area contributed by atoms with Crippen molar-refractivity contribution in [3.8, 4) is 0 Å². The summed E-state index contributed by atoms with van der Waals surface area (Å²) in [5.74, 6) is -1.56. The Labute approximate surface area is 224 Å². The van der Waals surface area contributed by atoms with Crippen molar-refractivity contribution in [1.29, 1.82) is 0 Å². The van der Waals surface area contributed by atoms with Crippen LogP contribution in [0.3, 0.4) is 0 Å². The summed E-state index contributed by atoms with van der Waals surface area (Å²) >= 11 is 1.52. The summed E-state index contributed by atoms with van der Waals surface area (Å²) in [6.45, 7) is 11.8. The van der Waals surface area contributed by atoms with Gasteiger partial charge in [0.2, 0.25) is 0 Å². The van der Waals surface area contributed by atoms with Crippen LogP contribution in [0.1, 0.15) is 84.3 Å². The van der Waals surface area contributed by atoms with E-state index in [0.717, 1.165) is 35.5 Å². The van der Waals surface area contributed by atoms with Crippen LogP contribution in [-0.2, 0) is 30.4 Å². The average molecular weight is 538 g/mol. The summed E-state index contributed by atoms with van der Waals surface area (Å²) in [5, 5.41) is 24.5. The standard InChI is InChI=1S/C28H43NO7S/c1-7-34-14-24-29-19(15-37-24)11-17(3)21-12-22-20(35-22)10-8-9-16(2)26(32)18(4)27(33)28(5,6)23(30)13-25(31)36-21/h11,15-16,18,20-23,26,30,32H,7-10,12-14H2,1-6H3/t16-,18?,20+,21-,22-,23-,26?/m0/s1. The monoisotopic (exact) mass is 537 g/mol. The molecule has 1 aromatic heterocycles. The van der Waals surface area contributed by atoms with Crippen LogP contribution in [0.5, 0.6) is 0 Å². The molecular formula is C28H43NO7S. The first-order valence-corrected chi connectivity index (χ1v) is 14.3. The molecule has 2 saturated heterocycles. The van der Waals surface area contributed by atoms with Crippen molar-refractivity contribution in [2.24, 2.45) is 17.3 Å². The lowest BCUT2D eigenvalue weighted by molar-refractivity contribution is -0.154. The highest BCUT2D eigenvalue weighted by molar-refractivity contribution is 7.09. The molecule has 2 aliphatic heterocycles. The van der Waals surface area contributed by atoms with Crippen LogP contribution in [0, 0.1) is 17.3 Å². The number of aliphatic hydroxyl groups is 2.